The van der Waals surface area contributed by atoms with Crippen molar-refractivity contribution < 1.29 is 0 Å². The minimum Gasteiger partial charge on any atom is -0.330 e. The minimum absolute atomic E-state index is 0.367. The van der Waals surface area contributed by atoms with E-state index in [9.17, 15) is 0 Å². The van der Waals surface area contributed by atoms with Gasteiger partial charge in [-0.15, -0.1) is 0 Å². The van der Waals surface area contributed by atoms with Crippen LogP contribution >= 0.6 is 0 Å². The van der Waals surface area contributed by atoms with Crippen LogP contribution in [0.4, 0.5) is 0 Å². The predicted molar refractivity (Wildman–Crippen MR) is 75.4 cm³/mol. The van der Waals surface area contributed by atoms with Gasteiger partial charge in [0.2, 0.25) is 0 Å². The molecule has 0 aliphatic rings. The lowest BCUT2D eigenvalue weighted by atomic mass is 10.1. The number of nitrogens with zero attached hydrogens (tertiary/aromatic N) is 2. The average Bonchev–Trinajstić information content (AvgIpc) is 2.82. The molecule has 1 aromatic carbocycles. The lowest BCUT2D eigenvalue weighted by Gasteiger charge is -2.10. The fourth-order valence-electron chi connectivity index (χ4n) is 2.07. The van der Waals surface area contributed by atoms with Crippen LogP contribution < -0.4 is 5.73 Å². The maximum Gasteiger partial charge on any atom is 0.0688 e. The Kier molecular flexibility index (Phi) is 4.15. The average molecular weight is 243 g/mol. The quantitative estimate of drug-likeness (QED) is 0.877. The van der Waals surface area contributed by atoms with Gasteiger partial charge in [-0.1, -0.05) is 30.3 Å². The second kappa shape index (κ2) is 5.83. The van der Waals surface area contributed by atoms with E-state index in [0.29, 0.717) is 6.04 Å². The molecule has 1 heterocycles. The van der Waals surface area contributed by atoms with E-state index in [1.54, 1.807) is 0 Å². The van der Waals surface area contributed by atoms with Crippen LogP contribution in [0.5, 0.6) is 0 Å². The Morgan fingerprint density at radius 3 is 2.56 bits per heavy atom. The Hall–Kier alpha value is -1.61. The van der Waals surface area contributed by atoms with Crippen LogP contribution in [0.3, 0.4) is 0 Å². The number of benzene rings is 1. The molecule has 96 valence electrons. The van der Waals surface area contributed by atoms with Crippen LogP contribution in [0.15, 0.2) is 36.4 Å². The molecule has 0 radical (unpaired) electrons. The molecule has 2 rings (SSSR count). The molecule has 0 aliphatic carbocycles. The van der Waals surface area contributed by atoms with Gasteiger partial charge in [0.05, 0.1) is 11.4 Å². The third-order valence-corrected chi connectivity index (χ3v) is 2.98. The molecule has 0 bridgehead atoms. The smallest absolute Gasteiger partial charge is 0.0688 e. The van der Waals surface area contributed by atoms with Gasteiger partial charge in [-0.05, 0) is 44.9 Å². The Morgan fingerprint density at radius 1 is 1.22 bits per heavy atom. The summed E-state index contributed by atoms with van der Waals surface area (Å²) < 4.78 is 2.10. The van der Waals surface area contributed by atoms with E-state index < -0.39 is 0 Å². The molecule has 1 aromatic heterocycles. The first-order valence-corrected chi connectivity index (χ1v) is 6.56. The fourth-order valence-corrected chi connectivity index (χ4v) is 2.07. The van der Waals surface area contributed by atoms with E-state index >= 15 is 0 Å². The van der Waals surface area contributed by atoms with Crippen LogP contribution in [-0.4, -0.2) is 16.3 Å². The lowest BCUT2D eigenvalue weighted by Crippen LogP contribution is -2.06. The maximum atomic E-state index is 5.56. The Balaban J connectivity index is 2.36. The molecule has 18 heavy (non-hydrogen) atoms. The number of aromatic nitrogens is 2. The zero-order valence-corrected chi connectivity index (χ0v) is 11.1. The molecule has 2 N–H and O–H groups in total. The number of rotatable bonds is 5. The highest BCUT2D eigenvalue weighted by molar-refractivity contribution is 5.60. The lowest BCUT2D eigenvalue weighted by molar-refractivity contribution is 0.531. The van der Waals surface area contributed by atoms with E-state index in [2.05, 4.69) is 54.0 Å². The number of aryl methyl sites for hydroxylation is 1. The van der Waals surface area contributed by atoms with E-state index in [1.807, 2.05) is 6.07 Å². The number of hydrogen-bond acceptors (Lipinski definition) is 2. The van der Waals surface area contributed by atoms with Crippen molar-refractivity contribution in [1.82, 2.24) is 9.78 Å². The molecule has 3 nitrogen and oxygen atoms in total. The first kappa shape index (κ1) is 12.8. The second-order valence-corrected chi connectivity index (χ2v) is 4.82. The highest BCUT2D eigenvalue weighted by atomic mass is 15.3. The van der Waals surface area contributed by atoms with Gasteiger partial charge in [0.1, 0.15) is 0 Å². The van der Waals surface area contributed by atoms with Crippen molar-refractivity contribution in [3.05, 3.63) is 42.1 Å². The van der Waals surface area contributed by atoms with Gasteiger partial charge in [0.25, 0.3) is 0 Å². The highest BCUT2D eigenvalue weighted by Gasteiger charge is 2.11. The van der Waals surface area contributed by atoms with Crippen molar-refractivity contribution in [2.24, 2.45) is 5.73 Å². The van der Waals surface area contributed by atoms with Gasteiger partial charge < -0.3 is 5.73 Å². The molecule has 2 aromatic rings. The Bertz CT molecular complexity index is 486. The van der Waals surface area contributed by atoms with Crippen LogP contribution in [0.25, 0.3) is 11.3 Å². The summed E-state index contributed by atoms with van der Waals surface area (Å²) >= 11 is 0. The van der Waals surface area contributed by atoms with Crippen LogP contribution in [-0.2, 0) is 6.42 Å². The number of nitrogens with two attached hydrogens (primary N) is 1. The topological polar surface area (TPSA) is 43.8 Å². The van der Waals surface area contributed by atoms with Crippen molar-refractivity contribution in [1.29, 1.82) is 0 Å². The summed E-state index contributed by atoms with van der Waals surface area (Å²) in [5.41, 5.74) is 9.10. The molecule has 0 saturated carbocycles. The van der Waals surface area contributed by atoms with Crippen molar-refractivity contribution in [2.75, 3.05) is 6.54 Å². The van der Waals surface area contributed by atoms with Crippen molar-refractivity contribution >= 4 is 0 Å². The summed E-state index contributed by atoms with van der Waals surface area (Å²) in [6.45, 7) is 5.04. The molecular formula is C15H21N3. The third kappa shape index (κ3) is 2.79. The molecule has 0 aliphatic heterocycles. The van der Waals surface area contributed by atoms with Gasteiger partial charge in [0.15, 0.2) is 0 Å². The highest BCUT2D eigenvalue weighted by Crippen LogP contribution is 2.23. The summed E-state index contributed by atoms with van der Waals surface area (Å²) in [7, 11) is 0. The van der Waals surface area contributed by atoms with Gasteiger partial charge in [-0.2, -0.15) is 5.10 Å². The molecule has 3 heteroatoms. The van der Waals surface area contributed by atoms with Gasteiger partial charge >= 0.3 is 0 Å². The van der Waals surface area contributed by atoms with Crippen molar-refractivity contribution in [3.63, 3.8) is 0 Å². The van der Waals surface area contributed by atoms with Crippen LogP contribution in [0.1, 0.15) is 32.0 Å². The Labute approximate surface area is 109 Å². The summed E-state index contributed by atoms with van der Waals surface area (Å²) in [5, 5.41) is 4.68. The van der Waals surface area contributed by atoms with Crippen molar-refractivity contribution in [3.8, 4) is 11.3 Å². The standard InChI is InChI=1S/C15H21N3/c1-12(2)18-15(13-7-4-3-5-8-13)11-14(17-18)9-6-10-16/h3-5,7-8,11-12H,6,9-10,16H2,1-2H3. The van der Waals surface area contributed by atoms with Gasteiger partial charge in [-0.3, -0.25) is 4.68 Å². The summed E-state index contributed by atoms with van der Waals surface area (Å²) in [6, 6.07) is 13.0. The molecule has 0 unspecified atom stereocenters. The predicted octanol–water partition coefficient (Wildman–Crippen LogP) is 3.02. The first-order chi connectivity index (χ1) is 8.72. The molecule has 0 spiro atoms. The van der Waals surface area contributed by atoms with Crippen molar-refractivity contribution in [2.45, 2.75) is 32.7 Å². The first-order valence-electron chi connectivity index (χ1n) is 6.56. The Morgan fingerprint density at radius 2 is 1.94 bits per heavy atom. The zero-order valence-electron chi connectivity index (χ0n) is 11.1. The van der Waals surface area contributed by atoms with E-state index in [-0.39, 0.29) is 0 Å². The molecule has 0 fully saturated rings. The number of hydrogen-bond donors (Lipinski definition) is 1. The van der Waals surface area contributed by atoms with E-state index in [4.69, 9.17) is 5.73 Å². The second-order valence-electron chi connectivity index (χ2n) is 4.82. The van der Waals surface area contributed by atoms with E-state index in [1.165, 1.54) is 11.3 Å². The summed E-state index contributed by atoms with van der Waals surface area (Å²) in [5.74, 6) is 0. The molecule has 0 amide bonds. The summed E-state index contributed by atoms with van der Waals surface area (Å²) in [4.78, 5) is 0. The van der Waals surface area contributed by atoms with Crippen LogP contribution in [0.2, 0.25) is 0 Å². The van der Waals surface area contributed by atoms with Gasteiger partial charge in [0, 0.05) is 6.04 Å². The normalized spacial score (nSPS) is 11.1. The minimum atomic E-state index is 0.367. The zero-order chi connectivity index (χ0) is 13.0. The SMILES string of the molecule is CC(C)n1nc(CCCN)cc1-c1ccccc1. The molecule has 0 saturated heterocycles. The third-order valence-electron chi connectivity index (χ3n) is 2.98. The van der Waals surface area contributed by atoms with Crippen LogP contribution in [0, 0.1) is 0 Å². The molecule has 0 atom stereocenters. The fraction of sp³-hybridized carbons (Fsp3) is 0.400. The van der Waals surface area contributed by atoms with Gasteiger partial charge in [-0.25, -0.2) is 0 Å². The monoisotopic (exact) mass is 243 g/mol. The van der Waals surface area contributed by atoms with E-state index in [0.717, 1.165) is 25.1 Å². The largest absolute Gasteiger partial charge is 0.330 e. The maximum absolute atomic E-state index is 5.56. The molecular weight excluding hydrogens is 222 g/mol. The summed E-state index contributed by atoms with van der Waals surface area (Å²) in [6.07, 6.45) is 1.94.